The summed E-state index contributed by atoms with van der Waals surface area (Å²) in [6.45, 7) is 4.10. The van der Waals surface area contributed by atoms with E-state index in [1.807, 2.05) is 6.92 Å². The van der Waals surface area contributed by atoms with Crippen LogP contribution < -0.4 is 10.6 Å². The Balaban J connectivity index is 1.86. The number of carbonyl (C=O) groups excluding carboxylic acids is 1. The molecule has 1 saturated heterocycles. The summed E-state index contributed by atoms with van der Waals surface area (Å²) in [5.41, 5.74) is 0.959. The van der Waals surface area contributed by atoms with Gasteiger partial charge in [-0.25, -0.2) is 0 Å². The van der Waals surface area contributed by atoms with E-state index >= 15 is 0 Å². The van der Waals surface area contributed by atoms with E-state index < -0.39 is 5.60 Å². The molecule has 3 heterocycles. The van der Waals surface area contributed by atoms with E-state index in [2.05, 4.69) is 16.7 Å². The van der Waals surface area contributed by atoms with Crippen LogP contribution in [0.1, 0.15) is 35.8 Å². The van der Waals surface area contributed by atoms with Gasteiger partial charge in [0, 0.05) is 18.0 Å². The first-order valence-corrected chi connectivity index (χ1v) is 7.66. The Morgan fingerprint density at radius 1 is 1.60 bits per heavy atom. The zero-order chi connectivity index (χ0) is 14.2. The molecule has 1 atom stereocenters. The molecule has 1 unspecified atom stereocenters. The van der Waals surface area contributed by atoms with E-state index in [0.29, 0.717) is 17.2 Å². The van der Waals surface area contributed by atoms with Crippen molar-refractivity contribution in [3.63, 3.8) is 0 Å². The first-order valence-electron chi connectivity index (χ1n) is 6.85. The van der Waals surface area contributed by atoms with Crippen LogP contribution >= 0.6 is 11.3 Å². The van der Waals surface area contributed by atoms with Gasteiger partial charge in [-0.15, -0.1) is 11.3 Å². The standard InChI is InChI=1S/C14H17N3O2S/c1-14(4-2-6-19-14)13(18)17-12-10(7-15)9-3-5-16-8-11(9)20-12/h16H,2-6,8H2,1H3,(H,17,18). The van der Waals surface area contributed by atoms with Crippen LogP contribution in [0.4, 0.5) is 5.00 Å². The summed E-state index contributed by atoms with van der Waals surface area (Å²) in [5.74, 6) is -0.141. The van der Waals surface area contributed by atoms with Gasteiger partial charge < -0.3 is 15.4 Å². The first-order chi connectivity index (χ1) is 9.64. The second-order valence-electron chi connectivity index (χ2n) is 5.38. The smallest absolute Gasteiger partial charge is 0.256 e. The molecule has 20 heavy (non-hydrogen) atoms. The lowest BCUT2D eigenvalue weighted by atomic mass is 10.0. The molecule has 2 aliphatic rings. The van der Waals surface area contributed by atoms with Crippen molar-refractivity contribution in [1.29, 1.82) is 5.26 Å². The summed E-state index contributed by atoms with van der Waals surface area (Å²) in [5, 5.41) is 16.2. The van der Waals surface area contributed by atoms with Gasteiger partial charge in [0.2, 0.25) is 0 Å². The third kappa shape index (κ3) is 2.22. The van der Waals surface area contributed by atoms with Crippen LogP contribution in [0.5, 0.6) is 0 Å². The Labute approximate surface area is 121 Å². The molecule has 0 radical (unpaired) electrons. The number of amides is 1. The maximum atomic E-state index is 12.4. The van der Waals surface area contributed by atoms with Crippen molar-refractivity contribution in [1.82, 2.24) is 5.32 Å². The summed E-state index contributed by atoms with van der Waals surface area (Å²) in [4.78, 5) is 13.5. The Hall–Kier alpha value is -1.42. The Morgan fingerprint density at radius 3 is 3.15 bits per heavy atom. The van der Waals surface area contributed by atoms with E-state index in [9.17, 15) is 10.1 Å². The molecule has 2 aliphatic heterocycles. The molecular formula is C14H17N3O2S. The fourth-order valence-corrected chi connectivity index (χ4v) is 3.90. The highest BCUT2D eigenvalue weighted by atomic mass is 32.1. The number of hydrogen-bond acceptors (Lipinski definition) is 5. The molecular weight excluding hydrogens is 274 g/mol. The van der Waals surface area contributed by atoms with E-state index in [1.165, 1.54) is 11.3 Å². The summed E-state index contributed by atoms with van der Waals surface area (Å²) >= 11 is 1.50. The van der Waals surface area contributed by atoms with Gasteiger partial charge in [-0.05, 0) is 38.3 Å². The fourth-order valence-electron chi connectivity index (χ4n) is 2.73. The number of fused-ring (bicyclic) bond motifs is 1. The summed E-state index contributed by atoms with van der Waals surface area (Å²) in [6, 6.07) is 2.24. The summed E-state index contributed by atoms with van der Waals surface area (Å²) < 4.78 is 5.55. The fraction of sp³-hybridized carbons (Fsp3) is 0.571. The number of anilines is 1. The van der Waals surface area contributed by atoms with E-state index in [1.54, 1.807) is 0 Å². The molecule has 0 aliphatic carbocycles. The molecule has 1 fully saturated rings. The molecule has 0 aromatic carbocycles. The molecule has 0 saturated carbocycles. The highest BCUT2D eigenvalue weighted by molar-refractivity contribution is 7.16. The number of ether oxygens (including phenoxy) is 1. The normalized spacial score (nSPS) is 25.0. The van der Waals surface area contributed by atoms with Crippen molar-refractivity contribution < 1.29 is 9.53 Å². The SMILES string of the molecule is CC1(C(=O)Nc2sc3c(c2C#N)CCNC3)CCCO1. The molecule has 1 aromatic rings. The summed E-state index contributed by atoms with van der Waals surface area (Å²) in [7, 11) is 0. The highest BCUT2D eigenvalue weighted by Gasteiger charge is 2.38. The molecule has 0 bridgehead atoms. The molecule has 2 N–H and O–H groups in total. The van der Waals surface area contributed by atoms with Gasteiger partial charge in [0.25, 0.3) is 5.91 Å². The van der Waals surface area contributed by atoms with E-state index in [0.717, 1.165) is 42.8 Å². The maximum Gasteiger partial charge on any atom is 0.256 e. The minimum absolute atomic E-state index is 0.141. The van der Waals surface area contributed by atoms with Gasteiger partial charge in [0.05, 0.1) is 5.56 Å². The molecule has 5 nitrogen and oxygen atoms in total. The van der Waals surface area contributed by atoms with Crippen molar-refractivity contribution in [2.24, 2.45) is 0 Å². The van der Waals surface area contributed by atoms with Crippen LogP contribution in [0.15, 0.2) is 0 Å². The Bertz CT molecular complexity index is 582. The topological polar surface area (TPSA) is 74.2 Å². The first kappa shape index (κ1) is 13.6. The van der Waals surface area contributed by atoms with Crippen LogP contribution in [-0.4, -0.2) is 24.7 Å². The molecule has 6 heteroatoms. The number of carbonyl (C=O) groups is 1. The minimum Gasteiger partial charge on any atom is -0.365 e. The number of thiophene rings is 1. The van der Waals surface area contributed by atoms with Gasteiger partial charge in [-0.3, -0.25) is 4.79 Å². The summed E-state index contributed by atoms with van der Waals surface area (Å²) in [6.07, 6.45) is 2.48. The van der Waals surface area contributed by atoms with Gasteiger partial charge in [0.15, 0.2) is 0 Å². The lowest BCUT2D eigenvalue weighted by Gasteiger charge is -2.21. The number of rotatable bonds is 2. The van der Waals surface area contributed by atoms with Crippen LogP contribution in [-0.2, 0) is 22.5 Å². The Morgan fingerprint density at radius 2 is 2.45 bits per heavy atom. The number of hydrogen-bond donors (Lipinski definition) is 2. The third-order valence-corrected chi connectivity index (χ3v) is 5.11. The monoisotopic (exact) mass is 291 g/mol. The predicted octanol–water partition coefficient (Wildman–Crippen LogP) is 1.77. The lowest BCUT2D eigenvalue weighted by Crippen LogP contribution is -2.39. The molecule has 1 aromatic heterocycles. The highest BCUT2D eigenvalue weighted by Crippen LogP contribution is 2.36. The van der Waals surface area contributed by atoms with Crippen LogP contribution in [0.2, 0.25) is 0 Å². The average Bonchev–Trinajstić information content (AvgIpc) is 3.03. The van der Waals surface area contributed by atoms with Gasteiger partial charge in [-0.2, -0.15) is 5.26 Å². The zero-order valence-electron chi connectivity index (χ0n) is 11.4. The van der Waals surface area contributed by atoms with E-state index in [4.69, 9.17) is 4.74 Å². The maximum absolute atomic E-state index is 12.4. The largest absolute Gasteiger partial charge is 0.365 e. The average molecular weight is 291 g/mol. The number of nitrogens with one attached hydrogen (secondary N) is 2. The van der Waals surface area contributed by atoms with Gasteiger partial charge in [0.1, 0.15) is 16.7 Å². The van der Waals surface area contributed by atoms with Crippen molar-refractivity contribution in [2.75, 3.05) is 18.5 Å². The second kappa shape index (κ2) is 5.17. The third-order valence-electron chi connectivity index (χ3n) is 3.97. The number of nitriles is 1. The zero-order valence-corrected chi connectivity index (χ0v) is 12.2. The van der Waals surface area contributed by atoms with Crippen LogP contribution in [0.25, 0.3) is 0 Å². The molecule has 0 spiro atoms. The van der Waals surface area contributed by atoms with Crippen molar-refractivity contribution in [3.8, 4) is 6.07 Å². The van der Waals surface area contributed by atoms with E-state index in [-0.39, 0.29) is 5.91 Å². The number of nitrogens with zero attached hydrogens (tertiary/aromatic N) is 1. The van der Waals surface area contributed by atoms with Gasteiger partial charge >= 0.3 is 0 Å². The predicted molar refractivity (Wildman–Crippen MR) is 76.7 cm³/mol. The Kier molecular flexibility index (Phi) is 3.50. The lowest BCUT2D eigenvalue weighted by molar-refractivity contribution is -0.133. The van der Waals surface area contributed by atoms with Crippen LogP contribution in [0.3, 0.4) is 0 Å². The molecule has 106 valence electrons. The molecule has 3 rings (SSSR count). The van der Waals surface area contributed by atoms with Gasteiger partial charge in [-0.1, -0.05) is 0 Å². The quantitative estimate of drug-likeness (QED) is 0.871. The minimum atomic E-state index is -0.754. The van der Waals surface area contributed by atoms with Crippen LogP contribution in [0, 0.1) is 11.3 Å². The van der Waals surface area contributed by atoms with Crippen molar-refractivity contribution in [2.45, 2.75) is 38.3 Å². The van der Waals surface area contributed by atoms with Crippen molar-refractivity contribution in [3.05, 3.63) is 16.0 Å². The second-order valence-corrected chi connectivity index (χ2v) is 6.49. The molecule has 1 amide bonds. The van der Waals surface area contributed by atoms with Crippen molar-refractivity contribution >= 4 is 22.2 Å².